The van der Waals surface area contributed by atoms with Crippen LogP contribution in [-0.4, -0.2) is 12.4 Å². The predicted molar refractivity (Wildman–Crippen MR) is 94.1 cm³/mol. The minimum absolute atomic E-state index is 0.305. The van der Waals surface area contributed by atoms with Gasteiger partial charge in [0, 0.05) is 17.5 Å². The lowest BCUT2D eigenvalue weighted by molar-refractivity contribution is 0.587. The van der Waals surface area contributed by atoms with E-state index in [0.717, 1.165) is 11.1 Å². The normalized spacial score (nSPS) is 11.6. The van der Waals surface area contributed by atoms with E-state index in [1.165, 1.54) is 9.55 Å². The van der Waals surface area contributed by atoms with Crippen LogP contribution in [0.25, 0.3) is 10.9 Å². The van der Waals surface area contributed by atoms with Crippen LogP contribution in [0.3, 0.4) is 0 Å². The fourth-order valence-corrected chi connectivity index (χ4v) is 4.19. The van der Waals surface area contributed by atoms with Gasteiger partial charge in [0.15, 0.2) is 0 Å². The molecule has 3 rings (SSSR count). The monoisotopic (exact) mass is 325 g/mol. The average molecular weight is 325 g/mol. The first kappa shape index (κ1) is 15.6. The van der Waals surface area contributed by atoms with Gasteiger partial charge in [0.05, 0.1) is 10.4 Å². The standard InChI is InChI=1S/C19H19NO2S/c1-15(2)12-13-17-14-16-8-6-7-11-19(16)20(17)23(21,22)18-9-4-3-5-10-18/h3-12,14H,13H2,1-2H3. The second kappa shape index (κ2) is 6.05. The van der Waals surface area contributed by atoms with Crippen LogP contribution in [0.2, 0.25) is 0 Å². The first-order chi connectivity index (χ1) is 11.0. The molecule has 0 atom stereocenters. The highest BCUT2D eigenvalue weighted by Crippen LogP contribution is 2.26. The van der Waals surface area contributed by atoms with Gasteiger partial charge >= 0.3 is 0 Å². The summed E-state index contributed by atoms with van der Waals surface area (Å²) >= 11 is 0. The molecular formula is C19H19NO2S. The lowest BCUT2D eigenvalue weighted by Gasteiger charge is -2.11. The minimum Gasteiger partial charge on any atom is -0.238 e. The number of para-hydroxylation sites is 1. The highest BCUT2D eigenvalue weighted by atomic mass is 32.2. The summed E-state index contributed by atoms with van der Waals surface area (Å²) in [6.07, 6.45) is 2.63. The van der Waals surface area contributed by atoms with Crippen LogP contribution < -0.4 is 0 Å². The van der Waals surface area contributed by atoms with Crippen molar-refractivity contribution >= 4 is 20.9 Å². The molecule has 0 saturated heterocycles. The number of hydrogen-bond donors (Lipinski definition) is 0. The number of allylic oxidation sites excluding steroid dienone is 2. The SMILES string of the molecule is CC(C)=CCc1cc2ccccc2n1S(=O)(=O)c1ccccc1. The summed E-state index contributed by atoms with van der Waals surface area (Å²) in [4.78, 5) is 0.305. The van der Waals surface area contributed by atoms with E-state index < -0.39 is 10.0 Å². The van der Waals surface area contributed by atoms with E-state index in [1.54, 1.807) is 24.3 Å². The number of rotatable bonds is 4. The maximum absolute atomic E-state index is 13.1. The molecule has 0 aliphatic carbocycles. The number of aromatic nitrogens is 1. The molecule has 0 radical (unpaired) electrons. The van der Waals surface area contributed by atoms with E-state index in [1.807, 2.05) is 56.3 Å². The highest BCUT2D eigenvalue weighted by Gasteiger charge is 2.22. The van der Waals surface area contributed by atoms with Crippen molar-refractivity contribution in [3.8, 4) is 0 Å². The zero-order chi connectivity index (χ0) is 16.4. The Morgan fingerprint density at radius 1 is 1.00 bits per heavy atom. The Balaban J connectivity index is 2.26. The third-order valence-electron chi connectivity index (χ3n) is 3.74. The van der Waals surface area contributed by atoms with Gasteiger partial charge in [-0.2, -0.15) is 0 Å². The van der Waals surface area contributed by atoms with Crippen molar-refractivity contribution in [2.45, 2.75) is 25.2 Å². The van der Waals surface area contributed by atoms with E-state index in [9.17, 15) is 8.42 Å². The average Bonchev–Trinajstić information content (AvgIpc) is 2.93. The summed E-state index contributed by atoms with van der Waals surface area (Å²) < 4.78 is 27.7. The molecule has 2 aromatic carbocycles. The molecule has 0 unspecified atom stereocenters. The van der Waals surface area contributed by atoms with Gasteiger partial charge < -0.3 is 0 Å². The van der Waals surface area contributed by atoms with Gasteiger partial charge in [-0.3, -0.25) is 0 Å². The molecule has 23 heavy (non-hydrogen) atoms. The van der Waals surface area contributed by atoms with Gasteiger partial charge in [0.25, 0.3) is 10.0 Å². The van der Waals surface area contributed by atoms with E-state index >= 15 is 0 Å². The third-order valence-corrected chi connectivity index (χ3v) is 5.52. The summed E-state index contributed by atoms with van der Waals surface area (Å²) in [6, 6.07) is 18.1. The van der Waals surface area contributed by atoms with Crippen LogP contribution in [0.1, 0.15) is 19.5 Å². The van der Waals surface area contributed by atoms with Crippen molar-refractivity contribution in [3.63, 3.8) is 0 Å². The molecule has 1 heterocycles. The molecule has 0 spiro atoms. The van der Waals surface area contributed by atoms with Gasteiger partial charge in [-0.05, 0) is 38.1 Å². The van der Waals surface area contributed by atoms with Crippen LogP contribution in [0.4, 0.5) is 0 Å². The first-order valence-electron chi connectivity index (χ1n) is 7.53. The fraction of sp³-hybridized carbons (Fsp3) is 0.158. The molecule has 0 N–H and O–H groups in total. The Kier molecular flexibility index (Phi) is 4.09. The lowest BCUT2D eigenvalue weighted by atomic mass is 10.2. The molecule has 0 fully saturated rings. The van der Waals surface area contributed by atoms with Crippen LogP contribution in [0, 0.1) is 0 Å². The molecule has 0 bridgehead atoms. The number of nitrogens with zero attached hydrogens (tertiary/aromatic N) is 1. The Hall–Kier alpha value is -2.33. The zero-order valence-corrected chi connectivity index (χ0v) is 14.0. The zero-order valence-electron chi connectivity index (χ0n) is 13.2. The molecule has 118 valence electrons. The van der Waals surface area contributed by atoms with Gasteiger partial charge in [-0.15, -0.1) is 0 Å². The maximum Gasteiger partial charge on any atom is 0.268 e. The summed E-state index contributed by atoms with van der Waals surface area (Å²) in [6.45, 7) is 4.03. The maximum atomic E-state index is 13.1. The van der Waals surface area contributed by atoms with Crippen LogP contribution in [0.15, 0.2) is 77.2 Å². The Morgan fingerprint density at radius 2 is 1.65 bits per heavy atom. The van der Waals surface area contributed by atoms with Crippen LogP contribution >= 0.6 is 0 Å². The molecule has 1 aromatic heterocycles. The second-order valence-electron chi connectivity index (χ2n) is 5.76. The molecule has 0 aliphatic heterocycles. The number of benzene rings is 2. The van der Waals surface area contributed by atoms with Crippen molar-refractivity contribution in [1.29, 1.82) is 0 Å². The molecule has 3 aromatic rings. The van der Waals surface area contributed by atoms with Gasteiger partial charge in [-0.25, -0.2) is 12.4 Å². The molecule has 0 saturated carbocycles. The van der Waals surface area contributed by atoms with E-state index in [2.05, 4.69) is 0 Å². The fourth-order valence-electron chi connectivity index (χ4n) is 2.62. The predicted octanol–water partition coefficient (Wildman–Crippen LogP) is 4.39. The quantitative estimate of drug-likeness (QED) is 0.667. The van der Waals surface area contributed by atoms with E-state index in [-0.39, 0.29) is 0 Å². The summed E-state index contributed by atoms with van der Waals surface area (Å²) in [5, 5.41) is 0.934. The van der Waals surface area contributed by atoms with E-state index in [0.29, 0.717) is 16.8 Å². The minimum atomic E-state index is -3.61. The van der Waals surface area contributed by atoms with Crippen molar-refractivity contribution in [3.05, 3.63) is 78.0 Å². The first-order valence-corrected chi connectivity index (χ1v) is 8.97. The number of fused-ring (bicyclic) bond motifs is 1. The van der Waals surface area contributed by atoms with Gasteiger partial charge in [-0.1, -0.05) is 48.0 Å². The largest absolute Gasteiger partial charge is 0.268 e. The third kappa shape index (κ3) is 2.94. The Bertz CT molecular complexity index is 963. The van der Waals surface area contributed by atoms with E-state index in [4.69, 9.17) is 0 Å². The van der Waals surface area contributed by atoms with Crippen molar-refractivity contribution < 1.29 is 8.42 Å². The molecule has 0 amide bonds. The molecular weight excluding hydrogens is 306 g/mol. The lowest BCUT2D eigenvalue weighted by Crippen LogP contribution is -2.15. The summed E-state index contributed by atoms with van der Waals surface area (Å²) in [5.74, 6) is 0. The highest BCUT2D eigenvalue weighted by molar-refractivity contribution is 7.90. The van der Waals surface area contributed by atoms with Crippen molar-refractivity contribution in [1.82, 2.24) is 3.97 Å². The summed E-state index contributed by atoms with van der Waals surface area (Å²) in [5.41, 5.74) is 2.66. The number of hydrogen-bond acceptors (Lipinski definition) is 2. The van der Waals surface area contributed by atoms with Gasteiger partial charge in [0.2, 0.25) is 0 Å². The smallest absolute Gasteiger partial charge is 0.238 e. The Morgan fingerprint density at radius 3 is 2.35 bits per heavy atom. The van der Waals surface area contributed by atoms with Gasteiger partial charge in [0.1, 0.15) is 0 Å². The Labute approximate surface area is 136 Å². The molecule has 0 aliphatic rings. The molecule has 4 heteroatoms. The molecule has 3 nitrogen and oxygen atoms in total. The van der Waals surface area contributed by atoms with Crippen molar-refractivity contribution in [2.75, 3.05) is 0 Å². The topological polar surface area (TPSA) is 39.1 Å². The summed E-state index contributed by atoms with van der Waals surface area (Å²) in [7, 11) is -3.61. The second-order valence-corrected chi connectivity index (χ2v) is 7.55. The van der Waals surface area contributed by atoms with Crippen LogP contribution in [0.5, 0.6) is 0 Å². The van der Waals surface area contributed by atoms with Crippen LogP contribution in [-0.2, 0) is 16.4 Å². The van der Waals surface area contributed by atoms with Crippen molar-refractivity contribution in [2.24, 2.45) is 0 Å².